The molecule has 0 atom stereocenters. The van der Waals surface area contributed by atoms with E-state index < -0.39 is 6.16 Å². The molecule has 0 radical (unpaired) electrons. The number of phenols is 2. The lowest BCUT2D eigenvalue weighted by molar-refractivity contribution is 0.137. The molecule has 0 saturated heterocycles. The molecular weight excluding hydrogens is 260 g/mol. The van der Waals surface area contributed by atoms with Gasteiger partial charge in [0.05, 0.1) is 0 Å². The maximum atomic E-state index is 10.0. The lowest BCUT2D eigenvalue weighted by Crippen LogP contribution is -2.15. The second-order valence-corrected chi connectivity index (χ2v) is 6.67. The van der Waals surface area contributed by atoms with Gasteiger partial charge in [-0.1, -0.05) is 41.5 Å². The molecule has 0 spiro atoms. The van der Waals surface area contributed by atoms with Crippen molar-refractivity contribution in [2.75, 3.05) is 0 Å². The molecule has 0 heterocycles. The van der Waals surface area contributed by atoms with E-state index in [0.717, 1.165) is 11.1 Å². The number of benzene rings is 1. The highest BCUT2D eigenvalue weighted by Crippen LogP contribution is 2.39. The molecule has 0 fully saturated rings. The molecule has 1 aromatic carbocycles. The minimum absolute atomic E-state index is 0.169. The molecule has 114 valence electrons. The average molecular weight is 284 g/mol. The van der Waals surface area contributed by atoms with E-state index in [0.29, 0.717) is 0 Å². The topological polar surface area (TPSA) is 98.0 Å². The Balaban J connectivity index is 0.000000796. The van der Waals surface area contributed by atoms with Crippen molar-refractivity contribution in [3.63, 3.8) is 0 Å². The van der Waals surface area contributed by atoms with Gasteiger partial charge in [0.2, 0.25) is 0 Å². The van der Waals surface area contributed by atoms with Gasteiger partial charge in [0.15, 0.2) is 0 Å². The standard InChI is InChI=1S/C14H22O2.CH2O3/c1-13(2,3)9-7-12(16)10(8-11(9)15)14(4,5)6;2-1(3)4/h7-8,15-16H,1-6H3;(H2,2,3,4). The summed E-state index contributed by atoms with van der Waals surface area (Å²) in [6.07, 6.45) is -1.83. The van der Waals surface area contributed by atoms with Gasteiger partial charge in [-0.05, 0) is 23.0 Å². The Morgan fingerprint density at radius 2 is 1.00 bits per heavy atom. The van der Waals surface area contributed by atoms with Crippen molar-refractivity contribution < 1.29 is 25.2 Å². The number of phenolic OH excluding ortho intramolecular Hbond substituents is 2. The van der Waals surface area contributed by atoms with Gasteiger partial charge in [0, 0.05) is 11.1 Å². The fourth-order valence-electron chi connectivity index (χ4n) is 1.78. The average Bonchev–Trinajstić information content (AvgIpc) is 2.16. The van der Waals surface area contributed by atoms with Crippen molar-refractivity contribution in [1.82, 2.24) is 0 Å². The van der Waals surface area contributed by atoms with Crippen LogP contribution in [0.15, 0.2) is 12.1 Å². The van der Waals surface area contributed by atoms with Gasteiger partial charge >= 0.3 is 6.16 Å². The maximum Gasteiger partial charge on any atom is 0.503 e. The fraction of sp³-hybridized carbons (Fsp3) is 0.533. The number of aromatic hydroxyl groups is 2. The van der Waals surface area contributed by atoms with Crippen LogP contribution in [0.4, 0.5) is 4.79 Å². The summed E-state index contributed by atoms with van der Waals surface area (Å²) in [4.78, 5) is 8.56. The van der Waals surface area contributed by atoms with E-state index >= 15 is 0 Å². The minimum Gasteiger partial charge on any atom is -0.508 e. The molecule has 1 aromatic rings. The zero-order chi connectivity index (χ0) is 16.3. The Bertz CT molecular complexity index is 435. The molecular formula is C15H24O5. The molecule has 0 aliphatic heterocycles. The van der Waals surface area contributed by atoms with Crippen LogP contribution in [0.25, 0.3) is 0 Å². The highest BCUT2D eigenvalue weighted by atomic mass is 16.6. The Hall–Kier alpha value is -1.91. The second-order valence-electron chi connectivity index (χ2n) is 6.67. The number of carboxylic acid groups (broad SMARTS) is 2. The smallest absolute Gasteiger partial charge is 0.503 e. The van der Waals surface area contributed by atoms with E-state index in [-0.39, 0.29) is 22.3 Å². The lowest BCUT2D eigenvalue weighted by atomic mass is 9.81. The molecule has 20 heavy (non-hydrogen) atoms. The summed E-state index contributed by atoms with van der Waals surface area (Å²) < 4.78 is 0. The van der Waals surface area contributed by atoms with Crippen molar-refractivity contribution in [2.24, 2.45) is 0 Å². The molecule has 0 aromatic heterocycles. The van der Waals surface area contributed by atoms with Gasteiger partial charge in [-0.15, -0.1) is 0 Å². The van der Waals surface area contributed by atoms with E-state index in [1.54, 1.807) is 12.1 Å². The maximum absolute atomic E-state index is 10.0. The quantitative estimate of drug-likeness (QED) is 0.541. The largest absolute Gasteiger partial charge is 0.508 e. The molecule has 5 heteroatoms. The van der Waals surface area contributed by atoms with E-state index in [4.69, 9.17) is 15.0 Å². The highest BCUT2D eigenvalue weighted by Gasteiger charge is 2.24. The molecule has 0 aliphatic carbocycles. The first-order valence-corrected chi connectivity index (χ1v) is 6.25. The van der Waals surface area contributed by atoms with Crippen molar-refractivity contribution in [2.45, 2.75) is 52.4 Å². The van der Waals surface area contributed by atoms with E-state index in [9.17, 15) is 10.2 Å². The predicted octanol–water partition coefficient (Wildman–Crippen LogP) is 3.92. The molecule has 0 unspecified atom stereocenters. The minimum atomic E-state index is -1.83. The van der Waals surface area contributed by atoms with E-state index in [1.165, 1.54) is 0 Å². The fourth-order valence-corrected chi connectivity index (χ4v) is 1.78. The summed E-state index contributed by atoms with van der Waals surface area (Å²) in [7, 11) is 0. The normalized spacial score (nSPS) is 11.5. The first kappa shape index (κ1) is 18.1. The monoisotopic (exact) mass is 284 g/mol. The molecule has 0 amide bonds. The van der Waals surface area contributed by atoms with Crippen molar-refractivity contribution in [1.29, 1.82) is 0 Å². The Morgan fingerprint density at radius 1 is 0.800 bits per heavy atom. The van der Waals surface area contributed by atoms with Crippen LogP contribution < -0.4 is 0 Å². The van der Waals surface area contributed by atoms with Crippen LogP contribution in [0.5, 0.6) is 11.5 Å². The highest BCUT2D eigenvalue weighted by molar-refractivity contribution is 5.53. The number of hydrogen-bond donors (Lipinski definition) is 4. The third-order valence-corrected chi connectivity index (χ3v) is 2.73. The number of rotatable bonds is 0. The first-order valence-electron chi connectivity index (χ1n) is 6.25. The molecule has 0 bridgehead atoms. The predicted molar refractivity (Wildman–Crippen MR) is 77.8 cm³/mol. The Labute approximate surface area is 119 Å². The summed E-state index contributed by atoms with van der Waals surface area (Å²) in [5.74, 6) is 0.519. The van der Waals surface area contributed by atoms with Crippen LogP contribution >= 0.6 is 0 Å². The van der Waals surface area contributed by atoms with Crippen LogP contribution in [0.2, 0.25) is 0 Å². The third-order valence-electron chi connectivity index (χ3n) is 2.73. The summed E-state index contributed by atoms with van der Waals surface area (Å²) in [6.45, 7) is 12.1. The Kier molecular flexibility index (Phi) is 5.45. The summed E-state index contributed by atoms with van der Waals surface area (Å²) >= 11 is 0. The number of hydrogen-bond acceptors (Lipinski definition) is 3. The third kappa shape index (κ3) is 5.38. The van der Waals surface area contributed by atoms with Gasteiger partial charge in [0.1, 0.15) is 11.5 Å². The van der Waals surface area contributed by atoms with Gasteiger partial charge in [-0.25, -0.2) is 4.79 Å². The SMILES string of the molecule is CC(C)(C)c1cc(O)c(C(C)(C)C)cc1O.O=C(O)O. The summed E-state index contributed by atoms with van der Waals surface area (Å²) in [5, 5.41) is 34.0. The van der Waals surface area contributed by atoms with Crippen LogP contribution in [0.3, 0.4) is 0 Å². The van der Waals surface area contributed by atoms with Crippen LogP contribution in [0, 0.1) is 0 Å². The van der Waals surface area contributed by atoms with Crippen LogP contribution in [-0.2, 0) is 10.8 Å². The second kappa shape index (κ2) is 6.03. The first-order chi connectivity index (χ1) is 8.76. The van der Waals surface area contributed by atoms with Crippen LogP contribution in [0.1, 0.15) is 52.7 Å². The molecule has 0 aliphatic rings. The van der Waals surface area contributed by atoms with Gasteiger partial charge in [-0.3, -0.25) is 0 Å². The van der Waals surface area contributed by atoms with Crippen molar-refractivity contribution >= 4 is 6.16 Å². The van der Waals surface area contributed by atoms with Gasteiger partial charge < -0.3 is 20.4 Å². The van der Waals surface area contributed by atoms with Crippen molar-refractivity contribution in [3.8, 4) is 11.5 Å². The van der Waals surface area contributed by atoms with Crippen molar-refractivity contribution in [3.05, 3.63) is 23.3 Å². The van der Waals surface area contributed by atoms with Gasteiger partial charge in [0.25, 0.3) is 0 Å². The molecule has 4 N–H and O–H groups in total. The summed E-state index contributed by atoms with van der Waals surface area (Å²) in [6, 6.07) is 3.35. The molecule has 5 nitrogen and oxygen atoms in total. The van der Waals surface area contributed by atoms with E-state index in [1.807, 2.05) is 41.5 Å². The zero-order valence-corrected chi connectivity index (χ0v) is 12.9. The number of carbonyl (C=O) groups is 1. The molecule has 1 rings (SSSR count). The lowest BCUT2D eigenvalue weighted by Gasteiger charge is -2.25. The molecule has 0 saturated carbocycles. The van der Waals surface area contributed by atoms with Gasteiger partial charge in [-0.2, -0.15) is 0 Å². The Morgan fingerprint density at radius 3 is 1.15 bits per heavy atom. The van der Waals surface area contributed by atoms with Crippen LogP contribution in [-0.4, -0.2) is 26.6 Å². The van der Waals surface area contributed by atoms with E-state index in [2.05, 4.69) is 0 Å². The zero-order valence-electron chi connectivity index (χ0n) is 12.9. The summed E-state index contributed by atoms with van der Waals surface area (Å²) in [5.41, 5.74) is 1.21.